The van der Waals surface area contributed by atoms with Crippen LogP contribution < -0.4 is 15.0 Å². The van der Waals surface area contributed by atoms with Gasteiger partial charge in [-0.05, 0) is 37.6 Å². The van der Waals surface area contributed by atoms with Gasteiger partial charge >= 0.3 is 0 Å². The van der Waals surface area contributed by atoms with Crippen molar-refractivity contribution in [3.63, 3.8) is 0 Å². The number of carbonyl (C=O) groups excluding carboxylic acids is 2. The molecule has 1 atom stereocenters. The highest BCUT2D eigenvalue weighted by atomic mass is 35.5. The maximum atomic E-state index is 13.6. The highest BCUT2D eigenvalue weighted by Gasteiger charge is 2.35. The monoisotopic (exact) mass is 455 g/mol. The van der Waals surface area contributed by atoms with Gasteiger partial charge in [0.05, 0.1) is 17.9 Å². The zero-order valence-corrected chi connectivity index (χ0v) is 18.8. The number of para-hydroxylation sites is 2. The molecule has 8 heteroatoms. The lowest BCUT2D eigenvalue weighted by molar-refractivity contribution is -0.127. The summed E-state index contributed by atoms with van der Waals surface area (Å²) in [6.07, 6.45) is 0.0512. The van der Waals surface area contributed by atoms with Gasteiger partial charge in [0.1, 0.15) is 15.6 Å². The van der Waals surface area contributed by atoms with E-state index in [1.165, 1.54) is 11.3 Å². The minimum absolute atomic E-state index is 0.134. The largest absolute Gasteiger partial charge is 0.477 e. The number of nitrogens with one attached hydrogen (secondary N) is 1. The van der Waals surface area contributed by atoms with Crippen LogP contribution in [0.15, 0.2) is 48.5 Å². The Bertz CT molecular complexity index is 1130. The van der Waals surface area contributed by atoms with Crippen LogP contribution >= 0.6 is 22.9 Å². The number of benzene rings is 2. The van der Waals surface area contributed by atoms with Gasteiger partial charge in [0.15, 0.2) is 6.10 Å². The zero-order chi connectivity index (χ0) is 22.0. The Morgan fingerprint density at radius 2 is 2.06 bits per heavy atom. The molecule has 0 spiro atoms. The number of fused-ring (bicyclic) bond motifs is 1. The Labute approximate surface area is 189 Å². The van der Waals surface area contributed by atoms with E-state index in [0.29, 0.717) is 33.6 Å². The van der Waals surface area contributed by atoms with E-state index >= 15 is 0 Å². The first-order valence-corrected chi connectivity index (χ1v) is 11.3. The number of carbonyl (C=O) groups is 2. The first kappa shape index (κ1) is 21.3. The molecule has 2 aromatic carbocycles. The van der Waals surface area contributed by atoms with Crippen molar-refractivity contribution < 1.29 is 14.3 Å². The van der Waals surface area contributed by atoms with E-state index in [9.17, 15) is 9.59 Å². The van der Waals surface area contributed by atoms with E-state index in [4.69, 9.17) is 16.3 Å². The van der Waals surface area contributed by atoms with Gasteiger partial charge in [0.25, 0.3) is 11.8 Å². The van der Waals surface area contributed by atoms with Gasteiger partial charge in [0.2, 0.25) is 0 Å². The maximum Gasteiger partial charge on any atom is 0.270 e. The number of aromatic nitrogens is 1. The van der Waals surface area contributed by atoms with E-state index in [-0.39, 0.29) is 18.4 Å². The average Bonchev–Trinajstić information content (AvgIpc) is 3.17. The van der Waals surface area contributed by atoms with E-state index in [1.807, 2.05) is 50.2 Å². The molecule has 0 saturated heterocycles. The predicted molar refractivity (Wildman–Crippen MR) is 123 cm³/mol. The number of ether oxygens (including phenoxy) is 1. The van der Waals surface area contributed by atoms with Crippen LogP contribution in [0, 0.1) is 6.92 Å². The van der Waals surface area contributed by atoms with E-state index in [0.717, 1.165) is 17.0 Å². The van der Waals surface area contributed by atoms with Gasteiger partial charge in [-0.15, -0.1) is 11.3 Å². The molecule has 2 heterocycles. The summed E-state index contributed by atoms with van der Waals surface area (Å²) < 4.78 is 5.89. The molecule has 0 aliphatic carbocycles. The number of hydrogen-bond donors (Lipinski definition) is 1. The third kappa shape index (κ3) is 4.43. The summed E-state index contributed by atoms with van der Waals surface area (Å²) in [5.41, 5.74) is 2.14. The zero-order valence-electron chi connectivity index (χ0n) is 17.2. The minimum atomic E-state index is -0.772. The second kappa shape index (κ2) is 9.08. The summed E-state index contributed by atoms with van der Waals surface area (Å²) in [5.74, 6) is 0.0816. The van der Waals surface area contributed by atoms with Crippen molar-refractivity contribution in [1.82, 2.24) is 10.3 Å². The number of halogens is 1. The van der Waals surface area contributed by atoms with Crippen LogP contribution in [-0.2, 0) is 4.79 Å². The van der Waals surface area contributed by atoms with Gasteiger partial charge in [-0.25, -0.2) is 4.98 Å². The Morgan fingerprint density at radius 1 is 1.26 bits per heavy atom. The van der Waals surface area contributed by atoms with Crippen LogP contribution in [0.1, 0.15) is 28.7 Å². The molecule has 0 unspecified atom stereocenters. The fourth-order valence-corrected chi connectivity index (χ4v) is 4.59. The number of thiazole rings is 1. The first-order chi connectivity index (χ1) is 15.0. The molecule has 160 valence electrons. The molecule has 0 radical (unpaired) electrons. The Kier molecular flexibility index (Phi) is 6.25. The number of amides is 2. The smallest absolute Gasteiger partial charge is 0.270 e. The van der Waals surface area contributed by atoms with Crippen molar-refractivity contribution in [3.05, 3.63) is 64.1 Å². The quantitative estimate of drug-likeness (QED) is 0.605. The third-order valence-electron chi connectivity index (χ3n) is 4.92. The second-order valence-corrected chi connectivity index (χ2v) is 8.66. The standard InChI is InChI=1S/C23H22ClN3O3S/c1-3-11-25-21(28)19-13-27(17-9-4-5-10-18(17)30-19)23(29)20-14(2)26-22(31-20)15-7-6-8-16(24)12-15/h4-10,12,19H,3,11,13H2,1-2H3,(H,25,28)/t19-/m1/s1. The number of anilines is 1. The molecule has 31 heavy (non-hydrogen) atoms. The fourth-order valence-electron chi connectivity index (χ4n) is 3.39. The molecular formula is C23H22ClN3O3S. The summed E-state index contributed by atoms with van der Waals surface area (Å²) in [7, 11) is 0. The maximum absolute atomic E-state index is 13.6. The number of nitrogens with zero attached hydrogens (tertiary/aromatic N) is 2. The molecule has 1 aromatic heterocycles. The molecule has 0 saturated carbocycles. The summed E-state index contributed by atoms with van der Waals surface area (Å²) >= 11 is 7.43. The average molecular weight is 456 g/mol. The number of aryl methyl sites for hydroxylation is 1. The number of rotatable bonds is 5. The molecule has 1 N–H and O–H groups in total. The molecule has 3 aromatic rings. The van der Waals surface area contributed by atoms with Gasteiger partial charge in [-0.3, -0.25) is 14.5 Å². The van der Waals surface area contributed by atoms with Crippen LogP contribution in [0.2, 0.25) is 5.02 Å². The molecule has 0 fully saturated rings. The summed E-state index contributed by atoms with van der Waals surface area (Å²) in [6, 6.07) is 14.6. The van der Waals surface area contributed by atoms with Crippen LogP contribution in [0.25, 0.3) is 10.6 Å². The molecular weight excluding hydrogens is 434 g/mol. The lowest BCUT2D eigenvalue weighted by Gasteiger charge is -2.34. The highest BCUT2D eigenvalue weighted by molar-refractivity contribution is 7.17. The van der Waals surface area contributed by atoms with E-state index in [1.54, 1.807) is 17.0 Å². The summed E-state index contributed by atoms with van der Waals surface area (Å²) in [5, 5.41) is 4.19. The lowest BCUT2D eigenvalue weighted by atomic mass is 10.1. The minimum Gasteiger partial charge on any atom is -0.477 e. The van der Waals surface area contributed by atoms with Crippen molar-refractivity contribution in [2.75, 3.05) is 18.0 Å². The molecule has 0 bridgehead atoms. The molecule has 1 aliphatic heterocycles. The normalized spacial score (nSPS) is 15.2. The van der Waals surface area contributed by atoms with Crippen molar-refractivity contribution in [2.24, 2.45) is 0 Å². The van der Waals surface area contributed by atoms with Crippen molar-refractivity contribution in [3.8, 4) is 16.3 Å². The molecule has 4 rings (SSSR count). The first-order valence-electron chi connectivity index (χ1n) is 10.1. The Morgan fingerprint density at radius 3 is 2.84 bits per heavy atom. The highest BCUT2D eigenvalue weighted by Crippen LogP contribution is 2.36. The predicted octanol–water partition coefficient (Wildman–Crippen LogP) is 4.71. The van der Waals surface area contributed by atoms with Crippen LogP contribution in [0.5, 0.6) is 5.75 Å². The summed E-state index contributed by atoms with van der Waals surface area (Å²) in [6.45, 7) is 4.49. The van der Waals surface area contributed by atoms with Gasteiger partial charge in [-0.1, -0.05) is 42.8 Å². The second-order valence-electron chi connectivity index (χ2n) is 7.22. The number of hydrogen-bond acceptors (Lipinski definition) is 5. The Hall–Kier alpha value is -2.90. The lowest BCUT2D eigenvalue weighted by Crippen LogP contribution is -2.50. The van der Waals surface area contributed by atoms with Gasteiger partial charge < -0.3 is 10.1 Å². The Balaban J connectivity index is 1.66. The van der Waals surface area contributed by atoms with Crippen LogP contribution in [0.3, 0.4) is 0 Å². The van der Waals surface area contributed by atoms with Gasteiger partial charge in [-0.2, -0.15) is 0 Å². The van der Waals surface area contributed by atoms with Crippen LogP contribution in [-0.4, -0.2) is 36.0 Å². The van der Waals surface area contributed by atoms with Crippen molar-refractivity contribution in [2.45, 2.75) is 26.4 Å². The molecule has 6 nitrogen and oxygen atoms in total. The SMILES string of the molecule is CCCNC(=O)[C@H]1CN(C(=O)c2sc(-c3cccc(Cl)c3)nc2C)c2ccccc2O1. The van der Waals surface area contributed by atoms with Gasteiger partial charge in [0, 0.05) is 17.1 Å². The third-order valence-corrected chi connectivity index (χ3v) is 6.35. The molecule has 2 amide bonds. The van der Waals surface area contributed by atoms with Crippen LogP contribution in [0.4, 0.5) is 5.69 Å². The van der Waals surface area contributed by atoms with Crippen molar-refractivity contribution in [1.29, 1.82) is 0 Å². The van der Waals surface area contributed by atoms with Crippen molar-refractivity contribution >= 4 is 40.4 Å². The van der Waals surface area contributed by atoms with E-state index < -0.39 is 6.10 Å². The summed E-state index contributed by atoms with van der Waals surface area (Å²) in [4.78, 5) is 32.8. The topological polar surface area (TPSA) is 71.5 Å². The van der Waals surface area contributed by atoms with E-state index in [2.05, 4.69) is 10.3 Å². The molecule has 1 aliphatic rings. The fraction of sp³-hybridized carbons (Fsp3) is 0.261.